The molecule has 9 rings (SSSR count). The highest BCUT2D eigenvalue weighted by molar-refractivity contribution is 5.97. The third kappa shape index (κ3) is 2.70. The molecule has 4 bridgehead atoms. The minimum Gasteiger partial charge on any atom is -0.493 e. The number of benzene rings is 1. The highest BCUT2D eigenvalue weighted by atomic mass is 16.6. The number of nitrogens with one attached hydrogen (secondary N) is 1. The van der Waals surface area contributed by atoms with E-state index in [9.17, 15) is 4.79 Å². The first-order valence-corrected chi connectivity index (χ1v) is 14.0. The molecule has 1 aromatic carbocycles. The van der Waals surface area contributed by atoms with E-state index in [4.69, 9.17) is 14.2 Å². The van der Waals surface area contributed by atoms with Crippen LogP contribution in [0.25, 0.3) is 0 Å². The maximum Gasteiger partial charge on any atom is 0.250 e. The fourth-order valence-electron chi connectivity index (χ4n) is 8.95. The van der Waals surface area contributed by atoms with Gasteiger partial charge in [-0.3, -0.25) is 19.7 Å². The second kappa shape index (κ2) is 7.79. The van der Waals surface area contributed by atoms with Gasteiger partial charge in [0.1, 0.15) is 11.7 Å². The molecule has 5 atom stereocenters. The van der Waals surface area contributed by atoms with E-state index in [0.717, 1.165) is 61.9 Å². The summed E-state index contributed by atoms with van der Waals surface area (Å²) in [6.07, 6.45) is 13.4. The van der Waals surface area contributed by atoms with Crippen LogP contribution in [0.3, 0.4) is 0 Å². The van der Waals surface area contributed by atoms with E-state index in [-0.39, 0.29) is 22.8 Å². The second-order valence-electron chi connectivity index (χ2n) is 12.1. The van der Waals surface area contributed by atoms with Gasteiger partial charge in [0.05, 0.1) is 31.0 Å². The van der Waals surface area contributed by atoms with Crippen LogP contribution < -0.4 is 14.8 Å². The van der Waals surface area contributed by atoms with E-state index in [2.05, 4.69) is 38.4 Å². The Hall–Kier alpha value is -2.97. The number of hydrogen-bond acceptors (Lipinski definition) is 7. The van der Waals surface area contributed by atoms with Gasteiger partial charge in [0, 0.05) is 48.6 Å². The highest BCUT2D eigenvalue weighted by Crippen LogP contribution is 2.74. The standard InChI is InChI=1S/C30H34N4O4/c1-36-22-6-5-19-13-23-28-7-8-30(37-2,21(14-28)26(35)33-16-20-15-31-10-11-32-20)27-29(28,24(19)25(22)38-27)9-12-34(23)17-18-3-4-18/h5-6,10-11,14-15,18,23,27H,3-4,7-9,12-13,16-17H2,1-2H3,(H,33,35)/t23-,27-,28-,29+,30-/m1/s1. The Morgan fingerprint density at radius 1 is 1.21 bits per heavy atom. The van der Waals surface area contributed by atoms with Crippen molar-refractivity contribution < 1.29 is 19.0 Å². The zero-order chi connectivity index (χ0) is 25.7. The van der Waals surface area contributed by atoms with Gasteiger partial charge in [0.25, 0.3) is 0 Å². The number of likely N-dealkylation sites (tertiary alicyclic amines) is 1. The smallest absolute Gasteiger partial charge is 0.250 e. The van der Waals surface area contributed by atoms with E-state index in [1.807, 2.05) is 0 Å². The van der Waals surface area contributed by atoms with Crippen LogP contribution >= 0.6 is 0 Å². The molecular weight excluding hydrogens is 480 g/mol. The van der Waals surface area contributed by atoms with Gasteiger partial charge in [-0.25, -0.2) is 0 Å². The van der Waals surface area contributed by atoms with Crippen molar-refractivity contribution in [1.82, 2.24) is 20.2 Å². The van der Waals surface area contributed by atoms with Crippen molar-refractivity contribution in [2.45, 2.75) is 68.2 Å². The average molecular weight is 515 g/mol. The number of aromatic nitrogens is 2. The van der Waals surface area contributed by atoms with Crippen LogP contribution in [0.4, 0.5) is 0 Å². The van der Waals surface area contributed by atoms with Crippen molar-refractivity contribution in [3.63, 3.8) is 0 Å². The minimum atomic E-state index is -0.823. The summed E-state index contributed by atoms with van der Waals surface area (Å²) in [7, 11) is 3.46. The van der Waals surface area contributed by atoms with Crippen molar-refractivity contribution in [2.24, 2.45) is 11.3 Å². The first-order valence-electron chi connectivity index (χ1n) is 14.0. The maximum atomic E-state index is 14.0. The summed E-state index contributed by atoms with van der Waals surface area (Å²) in [4.78, 5) is 25.2. The Balaban J connectivity index is 1.29. The summed E-state index contributed by atoms with van der Waals surface area (Å²) in [6.45, 7) is 2.54. The van der Waals surface area contributed by atoms with Crippen molar-refractivity contribution in [3.8, 4) is 11.5 Å². The number of piperidine rings is 1. The van der Waals surface area contributed by atoms with E-state index in [1.165, 1.54) is 24.0 Å². The molecule has 2 aliphatic heterocycles. The summed E-state index contributed by atoms with van der Waals surface area (Å²) in [5, 5.41) is 3.13. The minimum absolute atomic E-state index is 0.101. The Morgan fingerprint density at radius 3 is 2.87 bits per heavy atom. The number of fused-ring (bicyclic) bond motifs is 1. The van der Waals surface area contributed by atoms with Gasteiger partial charge < -0.3 is 19.5 Å². The number of ether oxygens (including phenoxy) is 3. The lowest BCUT2D eigenvalue weighted by Gasteiger charge is -2.70. The summed E-state index contributed by atoms with van der Waals surface area (Å²) < 4.78 is 19.2. The molecule has 1 saturated heterocycles. The predicted octanol–water partition coefficient (Wildman–Crippen LogP) is 2.95. The lowest BCUT2D eigenvalue weighted by atomic mass is 9.37. The van der Waals surface area contributed by atoms with Gasteiger partial charge in [-0.15, -0.1) is 0 Å². The first-order chi connectivity index (χ1) is 18.6. The largest absolute Gasteiger partial charge is 0.493 e. The van der Waals surface area contributed by atoms with Crippen LogP contribution in [-0.2, 0) is 27.9 Å². The molecule has 2 saturated carbocycles. The fourth-order valence-corrected chi connectivity index (χ4v) is 8.95. The normalized spacial score (nSPS) is 35.8. The molecule has 0 unspecified atom stereocenters. The summed E-state index contributed by atoms with van der Waals surface area (Å²) in [5.74, 6) is 2.36. The fraction of sp³-hybridized carbons (Fsp3) is 0.567. The molecule has 8 nitrogen and oxygen atoms in total. The van der Waals surface area contributed by atoms with Gasteiger partial charge in [0.2, 0.25) is 5.91 Å². The van der Waals surface area contributed by atoms with Crippen LogP contribution in [0.1, 0.15) is 48.9 Å². The molecule has 1 aromatic heterocycles. The van der Waals surface area contributed by atoms with Crippen molar-refractivity contribution in [3.05, 3.63) is 59.2 Å². The average Bonchev–Trinajstić information content (AvgIpc) is 3.70. The van der Waals surface area contributed by atoms with Crippen molar-refractivity contribution >= 4 is 5.91 Å². The van der Waals surface area contributed by atoms with Gasteiger partial charge >= 0.3 is 0 Å². The predicted molar refractivity (Wildman–Crippen MR) is 139 cm³/mol. The third-order valence-electron chi connectivity index (χ3n) is 10.7. The number of methoxy groups -OCH3 is 2. The van der Waals surface area contributed by atoms with Crippen LogP contribution in [0.2, 0.25) is 0 Å². The van der Waals surface area contributed by atoms with Gasteiger partial charge in [-0.1, -0.05) is 12.1 Å². The quantitative estimate of drug-likeness (QED) is 0.608. The SMILES string of the molecule is COc1ccc2c3c1O[C@@H]1[C@]34CCN(CC3CC3)[C@H](C2)[C@@]42C=C(C(=O)NCc3cnccn3)[C@]1(OC)CC2. The summed E-state index contributed by atoms with van der Waals surface area (Å²) in [5.41, 5.74) is 2.90. The molecule has 38 heavy (non-hydrogen) atoms. The van der Waals surface area contributed by atoms with Crippen LogP contribution in [0.15, 0.2) is 42.4 Å². The molecule has 2 aromatic rings. The number of amides is 1. The van der Waals surface area contributed by atoms with Crippen LogP contribution in [0, 0.1) is 11.3 Å². The first kappa shape index (κ1) is 23.0. The number of carbonyl (C=O) groups is 1. The molecule has 5 aliphatic carbocycles. The molecule has 7 aliphatic rings. The lowest BCUT2D eigenvalue weighted by Crippen LogP contribution is -2.78. The molecule has 2 spiro atoms. The molecule has 1 N–H and O–H groups in total. The Bertz CT molecular complexity index is 1360. The van der Waals surface area contributed by atoms with Crippen LogP contribution in [0.5, 0.6) is 11.5 Å². The maximum absolute atomic E-state index is 14.0. The Morgan fingerprint density at radius 2 is 2.11 bits per heavy atom. The summed E-state index contributed by atoms with van der Waals surface area (Å²) >= 11 is 0. The molecule has 198 valence electrons. The lowest BCUT2D eigenvalue weighted by molar-refractivity contribution is -0.196. The monoisotopic (exact) mass is 514 g/mol. The molecule has 3 fully saturated rings. The van der Waals surface area contributed by atoms with Gasteiger partial charge in [-0.05, 0) is 62.6 Å². The van der Waals surface area contributed by atoms with Gasteiger partial charge in [0.15, 0.2) is 11.5 Å². The van der Waals surface area contributed by atoms with E-state index < -0.39 is 5.60 Å². The Labute approximate surface area is 222 Å². The van der Waals surface area contributed by atoms with E-state index in [0.29, 0.717) is 18.2 Å². The molecule has 1 amide bonds. The molecule has 3 heterocycles. The molecular formula is C30H34N4O4. The Kier molecular flexibility index (Phi) is 4.71. The zero-order valence-electron chi connectivity index (χ0n) is 22.0. The zero-order valence-corrected chi connectivity index (χ0v) is 22.0. The van der Waals surface area contributed by atoms with Crippen molar-refractivity contribution in [2.75, 3.05) is 27.3 Å². The van der Waals surface area contributed by atoms with E-state index >= 15 is 0 Å². The third-order valence-corrected chi connectivity index (χ3v) is 10.7. The number of nitrogens with zero attached hydrogens (tertiary/aromatic N) is 3. The molecule has 8 heteroatoms. The van der Waals surface area contributed by atoms with Crippen molar-refractivity contribution in [1.29, 1.82) is 0 Å². The van der Waals surface area contributed by atoms with E-state index in [1.54, 1.807) is 32.8 Å². The molecule has 0 radical (unpaired) electrons. The number of rotatable bonds is 7. The number of carbonyl (C=O) groups excluding carboxylic acids is 1. The second-order valence-corrected chi connectivity index (χ2v) is 12.1. The van der Waals surface area contributed by atoms with Gasteiger partial charge in [-0.2, -0.15) is 0 Å². The summed E-state index contributed by atoms with van der Waals surface area (Å²) in [6, 6.07) is 4.66. The highest BCUT2D eigenvalue weighted by Gasteiger charge is 2.79. The topological polar surface area (TPSA) is 85.8 Å². The number of hydrogen-bond donors (Lipinski definition) is 1. The van der Waals surface area contributed by atoms with Crippen LogP contribution in [-0.4, -0.2) is 65.8 Å².